The van der Waals surface area contributed by atoms with Crippen LogP contribution in [0.1, 0.15) is 41.5 Å². The molecule has 0 fully saturated rings. The first-order chi connectivity index (χ1) is 9.30. The van der Waals surface area contributed by atoms with Gasteiger partial charge in [0, 0.05) is 6.54 Å². The van der Waals surface area contributed by atoms with Crippen molar-refractivity contribution in [1.82, 2.24) is 10.6 Å². The summed E-state index contributed by atoms with van der Waals surface area (Å²) in [6.07, 6.45) is -4.66. The molecule has 0 saturated heterocycles. The molecular formula is C13H24F2N2O4. The summed E-state index contributed by atoms with van der Waals surface area (Å²) in [5.74, 6) is 0. The molecule has 8 heteroatoms. The molecule has 0 saturated carbocycles. The molecule has 6 nitrogen and oxygen atoms in total. The lowest BCUT2D eigenvalue weighted by Gasteiger charge is -2.24. The number of hydrogen-bond donors (Lipinski definition) is 2. The SMILES string of the molecule is CC(C)(C)OC(=O)NCC(NC(=O)OC(C)(C)C)C(F)F. The molecule has 2 amide bonds. The Labute approximate surface area is 123 Å². The fourth-order valence-corrected chi connectivity index (χ4v) is 1.17. The van der Waals surface area contributed by atoms with Crippen LogP contribution in [0.5, 0.6) is 0 Å². The summed E-state index contributed by atoms with van der Waals surface area (Å²) in [6.45, 7) is 9.32. The molecule has 0 heterocycles. The molecule has 0 aliphatic rings. The minimum absolute atomic E-state index is 0.466. The second kappa shape index (κ2) is 7.42. The Morgan fingerprint density at radius 1 is 0.952 bits per heavy atom. The van der Waals surface area contributed by atoms with Gasteiger partial charge in [-0.2, -0.15) is 0 Å². The Hall–Kier alpha value is -1.60. The quantitative estimate of drug-likeness (QED) is 0.837. The van der Waals surface area contributed by atoms with E-state index >= 15 is 0 Å². The van der Waals surface area contributed by atoms with E-state index in [9.17, 15) is 18.4 Å². The van der Waals surface area contributed by atoms with E-state index in [-0.39, 0.29) is 0 Å². The third-order valence-corrected chi connectivity index (χ3v) is 1.87. The summed E-state index contributed by atoms with van der Waals surface area (Å²) in [7, 11) is 0. The predicted octanol–water partition coefficient (Wildman–Crippen LogP) is 2.67. The number of nitrogens with one attached hydrogen (secondary N) is 2. The van der Waals surface area contributed by atoms with Crippen molar-refractivity contribution in [2.45, 2.75) is 65.2 Å². The van der Waals surface area contributed by atoms with Gasteiger partial charge in [0.25, 0.3) is 6.43 Å². The second-order valence-corrected chi connectivity index (χ2v) is 6.47. The maximum Gasteiger partial charge on any atom is 0.408 e. The lowest BCUT2D eigenvalue weighted by Crippen LogP contribution is -2.49. The normalized spacial score (nSPS) is 13.6. The maximum absolute atomic E-state index is 12.8. The van der Waals surface area contributed by atoms with E-state index in [0.29, 0.717) is 0 Å². The Balaban J connectivity index is 4.39. The Morgan fingerprint density at radius 2 is 1.38 bits per heavy atom. The van der Waals surface area contributed by atoms with Gasteiger partial charge in [0.2, 0.25) is 0 Å². The Kier molecular flexibility index (Phi) is 6.85. The molecule has 0 aromatic rings. The highest BCUT2D eigenvalue weighted by molar-refractivity contribution is 5.69. The monoisotopic (exact) mass is 310 g/mol. The number of rotatable bonds is 4. The molecule has 124 valence electrons. The Morgan fingerprint density at radius 3 is 1.76 bits per heavy atom. The van der Waals surface area contributed by atoms with Crippen molar-refractivity contribution in [2.24, 2.45) is 0 Å². The number of ether oxygens (including phenoxy) is 2. The Bertz CT molecular complexity index is 362. The number of carbonyl (C=O) groups is 2. The van der Waals surface area contributed by atoms with Crippen molar-refractivity contribution >= 4 is 12.2 Å². The smallest absolute Gasteiger partial charge is 0.408 e. The van der Waals surface area contributed by atoms with Crippen LogP contribution < -0.4 is 10.6 Å². The predicted molar refractivity (Wildman–Crippen MR) is 73.4 cm³/mol. The summed E-state index contributed by atoms with van der Waals surface area (Å²) < 4.78 is 35.4. The average Bonchev–Trinajstić information content (AvgIpc) is 2.18. The lowest BCUT2D eigenvalue weighted by atomic mass is 10.2. The lowest BCUT2D eigenvalue weighted by molar-refractivity contribution is 0.0335. The second-order valence-electron chi connectivity index (χ2n) is 6.47. The first-order valence-electron chi connectivity index (χ1n) is 6.54. The van der Waals surface area contributed by atoms with Crippen LogP contribution >= 0.6 is 0 Å². The zero-order valence-electron chi connectivity index (χ0n) is 13.3. The van der Waals surface area contributed by atoms with E-state index in [1.54, 1.807) is 41.5 Å². The summed E-state index contributed by atoms with van der Waals surface area (Å²) in [6, 6.07) is -1.56. The van der Waals surface area contributed by atoms with Gasteiger partial charge < -0.3 is 20.1 Å². The van der Waals surface area contributed by atoms with Crippen molar-refractivity contribution in [1.29, 1.82) is 0 Å². The van der Waals surface area contributed by atoms with Crippen LogP contribution in [0.15, 0.2) is 0 Å². The average molecular weight is 310 g/mol. The molecule has 0 aromatic heterocycles. The topological polar surface area (TPSA) is 76.7 Å². The molecule has 0 aromatic carbocycles. The molecular weight excluding hydrogens is 286 g/mol. The summed E-state index contributed by atoms with van der Waals surface area (Å²) in [5, 5.41) is 4.19. The standard InChI is InChI=1S/C13H24F2N2O4/c1-12(2,3)20-10(18)16-7-8(9(14)15)17-11(19)21-13(4,5)6/h8-9H,7H2,1-6H3,(H,16,18)(H,17,19). The number of hydrogen-bond acceptors (Lipinski definition) is 4. The first kappa shape index (κ1) is 19.4. The van der Waals surface area contributed by atoms with Gasteiger partial charge in [-0.1, -0.05) is 0 Å². The summed E-state index contributed by atoms with van der Waals surface area (Å²) in [4.78, 5) is 22.8. The van der Waals surface area contributed by atoms with E-state index in [1.807, 2.05) is 5.32 Å². The van der Waals surface area contributed by atoms with Crippen molar-refractivity contribution in [3.63, 3.8) is 0 Å². The van der Waals surface area contributed by atoms with E-state index in [1.165, 1.54) is 0 Å². The van der Waals surface area contributed by atoms with Crippen LogP contribution in [-0.4, -0.2) is 42.4 Å². The number of alkyl carbamates (subject to hydrolysis) is 2. The molecule has 0 rings (SSSR count). The van der Waals surface area contributed by atoms with Gasteiger partial charge in [0.05, 0.1) is 0 Å². The highest BCUT2D eigenvalue weighted by atomic mass is 19.3. The molecule has 0 aliphatic carbocycles. The zero-order chi connectivity index (χ0) is 16.8. The van der Waals surface area contributed by atoms with Crippen LogP contribution in [0, 0.1) is 0 Å². The minimum atomic E-state index is -2.85. The molecule has 0 spiro atoms. The third kappa shape index (κ3) is 10.8. The van der Waals surface area contributed by atoms with Crippen molar-refractivity contribution in [3.05, 3.63) is 0 Å². The largest absolute Gasteiger partial charge is 0.444 e. The fourth-order valence-electron chi connectivity index (χ4n) is 1.17. The highest BCUT2D eigenvalue weighted by Gasteiger charge is 2.26. The van der Waals surface area contributed by atoms with Gasteiger partial charge in [-0.15, -0.1) is 0 Å². The number of amides is 2. The van der Waals surface area contributed by atoms with Crippen LogP contribution in [0.2, 0.25) is 0 Å². The van der Waals surface area contributed by atoms with Crippen molar-refractivity contribution < 1.29 is 27.8 Å². The molecule has 21 heavy (non-hydrogen) atoms. The molecule has 2 N–H and O–H groups in total. The van der Waals surface area contributed by atoms with Crippen LogP contribution in [0.25, 0.3) is 0 Å². The van der Waals surface area contributed by atoms with E-state index in [2.05, 4.69) is 5.32 Å². The fraction of sp³-hybridized carbons (Fsp3) is 0.846. The zero-order valence-corrected chi connectivity index (χ0v) is 13.3. The minimum Gasteiger partial charge on any atom is -0.444 e. The van der Waals surface area contributed by atoms with E-state index in [4.69, 9.17) is 9.47 Å². The third-order valence-electron chi connectivity index (χ3n) is 1.87. The summed E-state index contributed by atoms with van der Waals surface area (Å²) in [5.41, 5.74) is -1.53. The molecule has 0 aliphatic heterocycles. The van der Waals surface area contributed by atoms with Gasteiger partial charge in [0.15, 0.2) is 0 Å². The van der Waals surface area contributed by atoms with Crippen molar-refractivity contribution in [3.8, 4) is 0 Å². The van der Waals surface area contributed by atoms with E-state index in [0.717, 1.165) is 0 Å². The number of halogens is 2. The van der Waals surface area contributed by atoms with E-state index < -0.39 is 42.4 Å². The van der Waals surface area contributed by atoms with Gasteiger partial charge in [-0.05, 0) is 41.5 Å². The molecule has 0 radical (unpaired) electrons. The molecule has 1 unspecified atom stereocenters. The maximum atomic E-state index is 12.8. The number of carbonyl (C=O) groups excluding carboxylic acids is 2. The van der Waals surface area contributed by atoms with Gasteiger partial charge in [-0.3, -0.25) is 0 Å². The number of alkyl halides is 2. The summed E-state index contributed by atoms with van der Waals surface area (Å²) >= 11 is 0. The van der Waals surface area contributed by atoms with Gasteiger partial charge >= 0.3 is 12.2 Å². The van der Waals surface area contributed by atoms with Crippen LogP contribution in [0.3, 0.4) is 0 Å². The van der Waals surface area contributed by atoms with Crippen molar-refractivity contribution in [2.75, 3.05) is 6.54 Å². The van der Waals surface area contributed by atoms with Crippen LogP contribution in [-0.2, 0) is 9.47 Å². The molecule has 0 bridgehead atoms. The molecule has 1 atom stereocenters. The first-order valence-corrected chi connectivity index (χ1v) is 6.54. The van der Waals surface area contributed by atoms with Gasteiger partial charge in [0.1, 0.15) is 17.2 Å². The van der Waals surface area contributed by atoms with Gasteiger partial charge in [-0.25, -0.2) is 18.4 Å². The highest BCUT2D eigenvalue weighted by Crippen LogP contribution is 2.09. The van der Waals surface area contributed by atoms with Crippen LogP contribution in [0.4, 0.5) is 18.4 Å².